The fourth-order valence-electron chi connectivity index (χ4n) is 1.90. The first-order valence-electron chi connectivity index (χ1n) is 7.18. The van der Waals surface area contributed by atoms with Crippen molar-refractivity contribution in [3.05, 3.63) is 59.4 Å². The number of anilines is 1. The first-order valence-corrected chi connectivity index (χ1v) is 7.18. The third kappa shape index (κ3) is 4.38. The van der Waals surface area contributed by atoms with E-state index in [0.717, 1.165) is 6.42 Å². The van der Waals surface area contributed by atoms with Gasteiger partial charge in [0.15, 0.2) is 0 Å². The van der Waals surface area contributed by atoms with E-state index in [1.165, 1.54) is 18.5 Å². The minimum atomic E-state index is -0.391. The van der Waals surface area contributed by atoms with Gasteiger partial charge in [0, 0.05) is 24.6 Å². The van der Waals surface area contributed by atoms with Crippen molar-refractivity contribution in [3.8, 4) is 6.07 Å². The van der Waals surface area contributed by atoms with Crippen molar-refractivity contribution in [3.63, 3.8) is 0 Å². The quantitative estimate of drug-likeness (QED) is 0.886. The summed E-state index contributed by atoms with van der Waals surface area (Å²) < 4.78 is 0. The number of hydrogen-bond donors (Lipinski definition) is 2. The van der Waals surface area contributed by atoms with Crippen LogP contribution < -0.4 is 10.6 Å². The molecule has 0 bridgehead atoms. The van der Waals surface area contributed by atoms with E-state index >= 15 is 0 Å². The molecule has 2 N–H and O–H groups in total. The zero-order valence-electron chi connectivity index (χ0n) is 12.7. The van der Waals surface area contributed by atoms with Gasteiger partial charge >= 0.3 is 0 Å². The van der Waals surface area contributed by atoms with Crippen LogP contribution in [0, 0.1) is 11.3 Å². The van der Waals surface area contributed by atoms with Crippen molar-refractivity contribution in [2.24, 2.45) is 0 Å². The second-order valence-corrected chi connectivity index (χ2v) is 4.86. The molecule has 1 aromatic heterocycles. The highest BCUT2D eigenvalue weighted by molar-refractivity contribution is 6.05. The Balaban J connectivity index is 2.13. The number of amides is 2. The van der Waals surface area contributed by atoms with Gasteiger partial charge in [-0.05, 0) is 30.7 Å². The van der Waals surface area contributed by atoms with Crippen LogP contribution in [-0.4, -0.2) is 23.3 Å². The third-order valence-electron chi connectivity index (χ3n) is 3.05. The summed E-state index contributed by atoms with van der Waals surface area (Å²) in [4.78, 5) is 28.1. The normalized spacial score (nSPS) is 9.74. The molecule has 0 saturated carbocycles. The van der Waals surface area contributed by atoms with Gasteiger partial charge in [-0.15, -0.1) is 0 Å². The molecule has 6 nitrogen and oxygen atoms in total. The molecule has 0 aliphatic heterocycles. The maximum Gasteiger partial charge on any atom is 0.257 e. The maximum atomic E-state index is 12.2. The molecule has 2 rings (SSSR count). The number of nitrogens with one attached hydrogen (secondary N) is 2. The standard InChI is InChI=1S/C17H16N4O2/c1-2-6-20-16(22)13-8-14(11-19-10-13)17(23)21-15-5-3-4-12(7-15)9-18/h3-5,7-8,10-11H,2,6H2,1H3,(H,20,22)(H,21,23). The Kier molecular flexibility index (Phi) is 5.42. The van der Waals surface area contributed by atoms with Gasteiger partial charge in [0.1, 0.15) is 0 Å². The van der Waals surface area contributed by atoms with E-state index in [1.54, 1.807) is 24.3 Å². The molecule has 0 aliphatic carbocycles. The monoisotopic (exact) mass is 308 g/mol. The van der Waals surface area contributed by atoms with Crippen molar-refractivity contribution in [1.82, 2.24) is 10.3 Å². The molecular formula is C17H16N4O2. The molecule has 1 aromatic carbocycles. The first-order chi connectivity index (χ1) is 11.1. The predicted molar refractivity (Wildman–Crippen MR) is 86.0 cm³/mol. The SMILES string of the molecule is CCCNC(=O)c1cncc(C(=O)Nc2cccc(C#N)c2)c1. The number of pyridine rings is 1. The average molecular weight is 308 g/mol. The second-order valence-electron chi connectivity index (χ2n) is 4.86. The van der Waals surface area contributed by atoms with Crippen LogP contribution in [0.25, 0.3) is 0 Å². The molecule has 2 aromatic rings. The molecule has 6 heteroatoms. The van der Waals surface area contributed by atoms with Gasteiger partial charge in [-0.3, -0.25) is 14.6 Å². The third-order valence-corrected chi connectivity index (χ3v) is 3.05. The number of rotatable bonds is 5. The van der Waals surface area contributed by atoms with E-state index in [9.17, 15) is 9.59 Å². The molecule has 0 unspecified atom stereocenters. The lowest BCUT2D eigenvalue weighted by Gasteiger charge is -2.07. The Morgan fingerprint density at radius 1 is 1.17 bits per heavy atom. The summed E-state index contributed by atoms with van der Waals surface area (Å²) >= 11 is 0. The van der Waals surface area contributed by atoms with Crippen LogP contribution in [0.5, 0.6) is 0 Å². The van der Waals surface area contributed by atoms with Crippen molar-refractivity contribution in [1.29, 1.82) is 5.26 Å². The summed E-state index contributed by atoms with van der Waals surface area (Å²) in [6.45, 7) is 2.52. The number of hydrogen-bond acceptors (Lipinski definition) is 4. The molecule has 0 aliphatic rings. The van der Waals surface area contributed by atoms with E-state index in [4.69, 9.17) is 5.26 Å². The van der Waals surface area contributed by atoms with Gasteiger partial charge in [-0.1, -0.05) is 13.0 Å². The summed E-state index contributed by atoms with van der Waals surface area (Å²) in [7, 11) is 0. The Labute approximate surface area is 134 Å². The first kappa shape index (κ1) is 16.2. The van der Waals surface area contributed by atoms with E-state index < -0.39 is 5.91 Å². The number of nitrogens with zero attached hydrogens (tertiary/aromatic N) is 2. The highest BCUT2D eigenvalue weighted by atomic mass is 16.2. The Bertz CT molecular complexity index is 765. The second kappa shape index (κ2) is 7.71. The molecule has 2 amide bonds. The predicted octanol–water partition coefficient (Wildman–Crippen LogP) is 2.35. The minimum Gasteiger partial charge on any atom is -0.352 e. The van der Waals surface area contributed by atoms with Crippen LogP contribution in [0.2, 0.25) is 0 Å². The maximum absolute atomic E-state index is 12.2. The molecule has 0 saturated heterocycles. The highest BCUT2D eigenvalue weighted by Gasteiger charge is 2.11. The van der Waals surface area contributed by atoms with Crippen molar-refractivity contribution in [2.45, 2.75) is 13.3 Å². The smallest absolute Gasteiger partial charge is 0.257 e. The lowest BCUT2D eigenvalue weighted by Crippen LogP contribution is -2.24. The van der Waals surface area contributed by atoms with Crippen LogP contribution in [0.15, 0.2) is 42.7 Å². The molecule has 23 heavy (non-hydrogen) atoms. The van der Waals surface area contributed by atoms with Crippen LogP contribution >= 0.6 is 0 Å². The molecule has 0 atom stereocenters. The van der Waals surface area contributed by atoms with Crippen LogP contribution in [0.1, 0.15) is 39.6 Å². The van der Waals surface area contributed by atoms with Gasteiger partial charge in [0.2, 0.25) is 0 Å². The fourth-order valence-corrected chi connectivity index (χ4v) is 1.90. The van der Waals surface area contributed by atoms with Gasteiger partial charge in [-0.25, -0.2) is 0 Å². The molecule has 1 heterocycles. The molecule has 0 fully saturated rings. The van der Waals surface area contributed by atoms with Gasteiger partial charge in [0.25, 0.3) is 11.8 Å². The molecule has 0 spiro atoms. The largest absolute Gasteiger partial charge is 0.352 e. The van der Waals surface area contributed by atoms with Crippen LogP contribution in [-0.2, 0) is 0 Å². The average Bonchev–Trinajstić information content (AvgIpc) is 2.59. The zero-order chi connectivity index (χ0) is 16.7. The Morgan fingerprint density at radius 3 is 2.61 bits per heavy atom. The van der Waals surface area contributed by atoms with E-state index in [1.807, 2.05) is 13.0 Å². The van der Waals surface area contributed by atoms with Crippen molar-refractivity contribution in [2.75, 3.05) is 11.9 Å². The van der Waals surface area contributed by atoms with Crippen molar-refractivity contribution >= 4 is 17.5 Å². The zero-order valence-corrected chi connectivity index (χ0v) is 12.7. The Hall–Kier alpha value is -3.20. The number of carbonyl (C=O) groups is 2. The Morgan fingerprint density at radius 2 is 1.91 bits per heavy atom. The fraction of sp³-hybridized carbons (Fsp3) is 0.176. The number of aromatic nitrogens is 1. The van der Waals surface area contributed by atoms with E-state index in [0.29, 0.717) is 23.4 Å². The van der Waals surface area contributed by atoms with Gasteiger partial charge in [0.05, 0.1) is 22.8 Å². The summed E-state index contributed by atoms with van der Waals surface area (Å²) in [5.41, 5.74) is 1.57. The molecule has 116 valence electrons. The van der Waals surface area contributed by atoms with Gasteiger partial charge in [-0.2, -0.15) is 5.26 Å². The van der Waals surface area contributed by atoms with Crippen LogP contribution in [0.3, 0.4) is 0 Å². The van der Waals surface area contributed by atoms with E-state index in [2.05, 4.69) is 15.6 Å². The van der Waals surface area contributed by atoms with E-state index in [-0.39, 0.29) is 11.5 Å². The summed E-state index contributed by atoms with van der Waals surface area (Å²) in [5.74, 6) is -0.654. The number of benzene rings is 1. The summed E-state index contributed by atoms with van der Waals surface area (Å²) in [6, 6.07) is 10.1. The number of nitriles is 1. The highest BCUT2D eigenvalue weighted by Crippen LogP contribution is 2.12. The minimum absolute atomic E-state index is 0.263. The van der Waals surface area contributed by atoms with Gasteiger partial charge < -0.3 is 10.6 Å². The molecule has 0 radical (unpaired) electrons. The lowest BCUT2D eigenvalue weighted by molar-refractivity contribution is 0.0953. The summed E-state index contributed by atoms with van der Waals surface area (Å²) in [6.07, 6.45) is 3.63. The van der Waals surface area contributed by atoms with Crippen LogP contribution in [0.4, 0.5) is 5.69 Å². The topological polar surface area (TPSA) is 94.9 Å². The van der Waals surface area contributed by atoms with Crippen molar-refractivity contribution < 1.29 is 9.59 Å². The number of carbonyl (C=O) groups excluding carboxylic acids is 2. The summed E-state index contributed by atoms with van der Waals surface area (Å²) in [5, 5.41) is 14.3. The lowest BCUT2D eigenvalue weighted by atomic mass is 10.1. The molecular weight excluding hydrogens is 292 g/mol.